The fraction of sp³-hybridized carbons (Fsp3) is 0.462. The zero-order chi connectivity index (χ0) is 14.8. The second-order valence-electron chi connectivity index (χ2n) is 4.79. The molecule has 2 N–H and O–H groups in total. The molecule has 0 aliphatic heterocycles. The number of nitrogens with two attached hydrogens (primary N) is 1. The second-order valence-corrected chi connectivity index (χ2v) is 5.23. The van der Waals surface area contributed by atoms with Gasteiger partial charge >= 0.3 is 6.18 Å². The molecule has 19 heavy (non-hydrogen) atoms. The average molecular weight is 291 g/mol. The molecule has 106 valence electrons. The first-order valence-corrected chi connectivity index (χ1v) is 6.17. The van der Waals surface area contributed by atoms with Gasteiger partial charge in [-0.1, -0.05) is 19.1 Å². The Morgan fingerprint density at radius 3 is 2.32 bits per heavy atom. The third-order valence-corrected chi connectivity index (χ3v) is 3.03. The van der Waals surface area contributed by atoms with E-state index in [1.54, 1.807) is 0 Å². The van der Waals surface area contributed by atoms with E-state index in [1.807, 2.05) is 20.8 Å². The molecule has 0 spiro atoms. The van der Waals surface area contributed by atoms with Crippen molar-refractivity contribution < 1.29 is 17.9 Å². The van der Waals surface area contributed by atoms with Crippen molar-refractivity contribution in [1.82, 2.24) is 0 Å². The zero-order valence-corrected chi connectivity index (χ0v) is 11.8. The smallest absolute Gasteiger partial charge is 0.416 e. The third-order valence-electron chi connectivity index (χ3n) is 2.81. The summed E-state index contributed by atoms with van der Waals surface area (Å²) in [6, 6.07) is 3.14. The molecule has 0 heterocycles. The molecule has 2 nitrogen and oxygen atoms in total. The van der Waals surface area contributed by atoms with Crippen molar-refractivity contribution in [3.8, 4) is 5.75 Å². The van der Waals surface area contributed by atoms with Crippen molar-refractivity contribution in [3.05, 3.63) is 29.3 Å². The van der Waals surface area contributed by atoms with Gasteiger partial charge in [-0.25, -0.2) is 0 Å². The SMILES string of the molecule is CCC(C)(C)Oc1ccc(C(F)(F)F)cc1C(N)=S. The molecule has 0 saturated heterocycles. The van der Waals surface area contributed by atoms with Gasteiger partial charge in [-0.15, -0.1) is 0 Å². The third kappa shape index (κ3) is 4.09. The largest absolute Gasteiger partial charge is 0.487 e. The van der Waals surface area contributed by atoms with Gasteiger partial charge < -0.3 is 10.5 Å². The normalized spacial score (nSPS) is 12.3. The quantitative estimate of drug-likeness (QED) is 0.854. The lowest BCUT2D eigenvalue weighted by Crippen LogP contribution is -2.28. The number of halogens is 3. The van der Waals surface area contributed by atoms with Gasteiger partial charge in [0, 0.05) is 0 Å². The molecule has 0 radical (unpaired) electrons. The molecule has 0 aliphatic carbocycles. The van der Waals surface area contributed by atoms with Gasteiger partial charge in [-0.05, 0) is 38.5 Å². The molecule has 0 aromatic heterocycles. The molecular formula is C13H16F3NOS. The lowest BCUT2D eigenvalue weighted by molar-refractivity contribution is -0.137. The molecule has 0 atom stereocenters. The Bertz CT molecular complexity index is 483. The van der Waals surface area contributed by atoms with Crippen LogP contribution >= 0.6 is 12.2 Å². The van der Waals surface area contributed by atoms with Gasteiger partial charge in [0.15, 0.2) is 0 Å². The summed E-state index contributed by atoms with van der Waals surface area (Å²) in [6.45, 7) is 5.60. The summed E-state index contributed by atoms with van der Waals surface area (Å²) in [6.07, 6.45) is -3.73. The van der Waals surface area contributed by atoms with Crippen LogP contribution in [0.5, 0.6) is 5.75 Å². The van der Waals surface area contributed by atoms with Crippen LogP contribution in [0.3, 0.4) is 0 Å². The Morgan fingerprint density at radius 2 is 1.89 bits per heavy atom. The van der Waals surface area contributed by atoms with E-state index >= 15 is 0 Å². The van der Waals surface area contributed by atoms with Crippen LogP contribution in [0.25, 0.3) is 0 Å². The van der Waals surface area contributed by atoms with Crippen molar-refractivity contribution in [2.24, 2.45) is 5.73 Å². The van der Waals surface area contributed by atoms with Crippen LogP contribution in [0, 0.1) is 0 Å². The number of hydrogen-bond acceptors (Lipinski definition) is 2. The minimum atomic E-state index is -4.43. The van der Waals surface area contributed by atoms with Crippen LogP contribution in [-0.2, 0) is 6.18 Å². The summed E-state index contributed by atoms with van der Waals surface area (Å²) in [5, 5.41) is 0. The van der Waals surface area contributed by atoms with Gasteiger partial charge in [0.2, 0.25) is 0 Å². The fourth-order valence-corrected chi connectivity index (χ4v) is 1.52. The molecule has 0 unspecified atom stereocenters. The summed E-state index contributed by atoms with van der Waals surface area (Å²) in [5.74, 6) is 0.271. The van der Waals surface area contributed by atoms with E-state index in [0.29, 0.717) is 6.42 Å². The van der Waals surface area contributed by atoms with Crippen molar-refractivity contribution in [2.75, 3.05) is 0 Å². The highest BCUT2D eigenvalue weighted by Gasteiger charge is 2.32. The first-order chi connectivity index (χ1) is 8.57. The Labute approximate surface area is 115 Å². The molecule has 0 fully saturated rings. The van der Waals surface area contributed by atoms with Crippen LogP contribution in [0.4, 0.5) is 13.2 Å². The van der Waals surface area contributed by atoms with E-state index in [4.69, 9.17) is 22.7 Å². The van der Waals surface area contributed by atoms with E-state index in [9.17, 15) is 13.2 Å². The first kappa shape index (κ1) is 15.8. The molecule has 6 heteroatoms. The highest BCUT2D eigenvalue weighted by molar-refractivity contribution is 7.80. The molecule has 1 aromatic carbocycles. The standard InChI is InChI=1S/C13H16F3NOS/c1-4-12(2,3)18-10-6-5-8(13(14,15)16)7-9(10)11(17)19/h5-7H,4H2,1-3H3,(H2,17,19). The number of alkyl halides is 3. The molecule has 0 saturated carbocycles. The Morgan fingerprint density at radius 1 is 1.32 bits per heavy atom. The van der Waals surface area contributed by atoms with Crippen LogP contribution in [0.1, 0.15) is 38.3 Å². The maximum absolute atomic E-state index is 12.6. The van der Waals surface area contributed by atoms with Crippen molar-refractivity contribution in [3.63, 3.8) is 0 Å². The summed E-state index contributed by atoms with van der Waals surface area (Å²) in [5.41, 5.74) is 4.28. The maximum Gasteiger partial charge on any atom is 0.416 e. The van der Waals surface area contributed by atoms with Crippen LogP contribution in [0.2, 0.25) is 0 Å². The predicted molar refractivity (Wildman–Crippen MR) is 72.3 cm³/mol. The molecule has 0 bridgehead atoms. The molecule has 1 aromatic rings. The first-order valence-electron chi connectivity index (χ1n) is 5.77. The van der Waals surface area contributed by atoms with E-state index in [0.717, 1.165) is 12.1 Å². The van der Waals surface area contributed by atoms with Crippen molar-refractivity contribution in [2.45, 2.75) is 39.0 Å². The fourth-order valence-electron chi connectivity index (χ4n) is 1.36. The molecular weight excluding hydrogens is 275 g/mol. The lowest BCUT2D eigenvalue weighted by atomic mass is 10.1. The van der Waals surface area contributed by atoms with Crippen LogP contribution in [0.15, 0.2) is 18.2 Å². The van der Waals surface area contributed by atoms with Gasteiger partial charge in [0.05, 0.1) is 11.1 Å². The highest BCUT2D eigenvalue weighted by Crippen LogP contribution is 2.34. The molecule has 0 amide bonds. The highest BCUT2D eigenvalue weighted by atomic mass is 32.1. The summed E-state index contributed by atoms with van der Waals surface area (Å²) < 4.78 is 43.6. The monoisotopic (exact) mass is 291 g/mol. The number of thiocarbonyl (C=S) groups is 1. The van der Waals surface area contributed by atoms with E-state index in [-0.39, 0.29) is 16.3 Å². The maximum atomic E-state index is 12.6. The minimum absolute atomic E-state index is 0.103. The minimum Gasteiger partial charge on any atom is -0.487 e. The zero-order valence-electron chi connectivity index (χ0n) is 11.0. The van der Waals surface area contributed by atoms with Crippen LogP contribution < -0.4 is 10.5 Å². The van der Waals surface area contributed by atoms with Crippen molar-refractivity contribution >= 4 is 17.2 Å². The molecule has 0 aliphatic rings. The number of benzene rings is 1. The average Bonchev–Trinajstić information content (AvgIpc) is 2.27. The Balaban J connectivity index is 3.24. The van der Waals surface area contributed by atoms with Crippen molar-refractivity contribution in [1.29, 1.82) is 0 Å². The second kappa shape index (κ2) is 5.36. The summed E-state index contributed by atoms with van der Waals surface area (Å²) in [7, 11) is 0. The van der Waals surface area contributed by atoms with E-state index in [2.05, 4.69) is 0 Å². The number of rotatable bonds is 4. The topological polar surface area (TPSA) is 35.2 Å². The van der Waals surface area contributed by atoms with E-state index in [1.165, 1.54) is 6.07 Å². The Hall–Kier alpha value is -1.30. The summed E-state index contributed by atoms with van der Waals surface area (Å²) >= 11 is 4.79. The van der Waals surface area contributed by atoms with Gasteiger partial charge in [-0.3, -0.25) is 0 Å². The van der Waals surface area contributed by atoms with Gasteiger partial charge in [0.25, 0.3) is 0 Å². The predicted octanol–water partition coefficient (Wildman–Crippen LogP) is 3.91. The van der Waals surface area contributed by atoms with Crippen LogP contribution in [-0.4, -0.2) is 10.6 Å². The molecule has 1 rings (SSSR count). The van der Waals surface area contributed by atoms with Gasteiger partial charge in [-0.2, -0.15) is 13.2 Å². The van der Waals surface area contributed by atoms with E-state index < -0.39 is 17.3 Å². The number of ether oxygens (including phenoxy) is 1. The number of hydrogen-bond donors (Lipinski definition) is 1. The Kier molecular flexibility index (Phi) is 4.45. The summed E-state index contributed by atoms with van der Waals surface area (Å²) in [4.78, 5) is -0.118. The van der Waals surface area contributed by atoms with Gasteiger partial charge in [0.1, 0.15) is 16.3 Å². The lowest BCUT2D eigenvalue weighted by Gasteiger charge is -2.26.